The van der Waals surface area contributed by atoms with E-state index in [4.69, 9.17) is 5.26 Å². The number of rotatable bonds is 1. The predicted octanol–water partition coefficient (Wildman–Crippen LogP) is -3.03. The van der Waals surface area contributed by atoms with Gasteiger partial charge in [-0.2, -0.15) is 5.26 Å². The monoisotopic (exact) mass is 155 g/mol. The molecule has 1 N–H and O–H groups in total. The Morgan fingerprint density at radius 1 is 1.70 bits per heavy atom. The summed E-state index contributed by atoms with van der Waals surface area (Å²) < 4.78 is 0. The minimum absolute atomic E-state index is 0. The molecule has 1 rings (SSSR count). The predicted molar refractivity (Wildman–Crippen MR) is 30.1 cm³/mol. The second kappa shape index (κ2) is 4.71. The van der Waals surface area contributed by atoms with Crippen LogP contribution >= 0.6 is 0 Å². The molecular weight excluding hydrogens is 150 g/mol. The van der Waals surface area contributed by atoms with Crippen LogP contribution in [0.2, 0.25) is 0 Å². The number of nitriles is 1. The largest absolute Gasteiger partial charge is 1.00 e. The first-order valence-corrected chi connectivity index (χ1v) is 2.61. The van der Waals surface area contributed by atoms with E-state index in [2.05, 4.69) is 9.97 Å². The van der Waals surface area contributed by atoms with Gasteiger partial charge in [0.1, 0.15) is 5.69 Å². The van der Waals surface area contributed by atoms with Gasteiger partial charge in [-0.25, -0.2) is 9.97 Å². The standard InChI is InChI=1S/C6H5N3.ClH/c7-2-1-6-5-8-3-4-9-6;/h3-5H,1H2;1H. The Bertz CT molecular complexity index is 216. The summed E-state index contributed by atoms with van der Waals surface area (Å²) in [6.07, 6.45) is 5.42. The van der Waals surface area contributed by atoms with Crippen molar-refractivity contribution in [1.29, 1.82) is 5.26 Å². The van der Waals surface area contributed by atoms with Gasteiger partial charge in [-0.15, -0.1) is 0 Å². The van der Waals surface area contributed by atoms with E-state index < -0.39 is 0 Å². The molecule has 52 valence electrons. The highest BCUT2D eigenvalue weighted by Crippen LogP contribution is 1.85. The van der Waals surface area contributed by atoms with E-state index in [0.29, 0.717) is 6.42 Å². The Hall–Kier alpha value is -1.14. The number of hydrogen-bond donors (Lipinski definition) is 0. The molecule has 0 radical (unpaired) electrons. The van der Waals surface area contributed by atoms with Crippen molar-refractivity contribution in [1.82, 2.24) is 4.98 Å². The van der Waals surface area contributed by atoms with Gasteiger partial charge < -0.3 is 12.4 Å². The van der Waals surface area contributed by atoms with Gasteiger partial charge in [0.15, 0.2) is 12.4 Å². The average Bonchev–Trinajstić information content (AvgIpc) is 1.91. The molecule has 0 aromatic carbocycles. The molecule has 10 heavy (non-hydrogen) atoms. The molecule has 3 nitrogen and oxygen atoms in total. The molecule has 0 saturated carbocycles. The van der Waals surface area contributed by atoms with Crippen LogP contribution in [0, 0.1) is 11.3 Å². The first kappa shape index (κ1) is 8.86. The van der Waals surface area contributed by atoms with Crippen molar-refractivity contribution in [3.8, 4) is 6.07 Å². The molecule has 0 saturated heterocycles. The number of halogens is 1. The van der Waals surface area contributed by atoms with Crippen molar-refractivity contribution in [3.63, 3.8) is 0 Å². The maximum atomic E-state index is 8.22. The van der Waals surface area contributed by atoms with Crippen molar-refractivity contribution in [2.24, 2.45) is 0 Å². The lowest BCUT2D eigenvalue weighted by Gasteiger charge is -1.81. The molecule has 0 bridgehead atoms. The third-order valence-electron chi connectivity index (χ3n) is 0.921. The van der Waals surface area contributed by atoms with Crippen LogP contribution in [-0.4, -0.2) is 4.98 Å². The van der Waals surface area contributed by atoms with E-state index in [1.807, 2.05) is 6.07 Å². The number of hydrogen-bond acceptors (Lipinski definition) is 2. The molecular formula is C6H6ClN3. The average molecular weight is 156 g/mol. The summed E-state index contributed by atoms with van der Waals surface area (Å²) in [5, 5.41) is 8.22. The normalized spacial score (nSPS) is 7.50. The summed E-state index contributed by atoms with van der Waals surface area (Å²) in [5.74, 6) is 0. The molecule has 0 fully saturated rings. The first-order valence-electron chi connectivity index (χ1n) is 2.61. The van der Waals surface area contributed by atoms with Crippen molar-refractivity contribution in [3.05, 3.63) is 24.3 Å². The van der Waals surface area contributed by atoms with E-state index in [1.165, 1.54) is 0 Å². The van der Waals surface area contributed by atoms with Gasteiger partial charge in [-0.1, -0.05) is 0 Å². The number of H-pyrrole nitrogens is 1. The van der Waals surface area contributed by atoms with Gasteiger partial charge in [0.25, 0.3) is 0 Å². The number of aromatic amines is 1. The molecule has 1 aromatic heterocycles. The molecule has 0 aliphatic heterocycles. The topological polar surface area (TPSA) is 50.8 Å². The molecule has 4 heteroatoms. The van der Waals surface area contributed by atoms with Gasteiger partial charge in [0.05, 0.1) is 18.7 Å². The third kappa shape index (κ3) is 2.42. The Balaban J connectivity index is 0.000000810. The van der Waals surface area contributed by atoms with Crippen molar-refractivity contribution >= 4 is 0 Å². The van der Waals surface area contributed by atoms with E-state index in [0.717, 1.165) is 5.69 Å². The van der Waals surface area contributed by atoms with Crippen molar-refractivity contribution < 1.29 is 17.4 Å². The highest BCUT2D eigenvalue weighted by molar-refractivity contribution is 4.97. The van der Waals surface area contributed by atoms with Crippen LogP contribution in [-0.2, 0) is 6.42 Å². The molecule has 1 heterocycles. The summed E-state index contributed by atoms with van der Waals surface area (Å²) in [6.45, 7) is 0. The van der Waals surface area contributed by atoms with Gasteiger partial charge in [0, 0.05) is 0 Å². The molecule has 0 spiro atoms. The fourth-order valence-electron chi connectivity index (χ4n) is 0.535. The highest BCUT2D eigenvalue weighted by Gasteiger charge is 1.91. The second-order valence-corrected chi connectivity index (χ2v) is 1.58. The highest BCUT2D eigenvalue weighted by atomic mass is 35.5. The molecule has 0 amide bonds. The molecule has 0 aliphatic rings. The van der Waals surface area contributed by atoms with E-state index in [1.54, 1.807) is 18.6 Å². The Morgan fingerprint density at radius 2 is 2.50 bits per heavy atom. The van der Waals surface area contributed by atoms with Gasteiger partial charge in [-0.05, 0) is 0 Å². The zero-order valence-electron chi connectivity index (χ0n) is 5.21. The number of nitrogens with one attached hydrogen (secondary N) is 1. The maximum absolute atomic E-state index is 8.22. The summed E-state index contributed by atoms with van der Waals surface area (Å²) in [7, 11) is 0. The minimum atomic E-state index is 0. The Labute approximate surface area is 65.1 Å². The van der Waals surface area contributed by atoms with Crippen LogP contribution in [0.15, 0.2) is 18.6 Å². The zero-order chi connectivity index (χ0) is 6.53. The molecule has 1 aromatic rings. The number of nitrogens with zero attached hydrogens (tertiary/aromatic N) is 2. The van der Waals surface area contributed by atoms with E-state index in [9.17, 15) is 0 Å². The zero-order valence-corrected chi connectivity index (χ0v) is 5.97. The second-order valence-electron chi connectivity index (χ2n) is 1.58. The Morgan fingerprint density at radius 3 is 3.00 bits per heavy atom. The van der Waals surface area contributed by atoms with Crippen LogP contribution < -0.4 is 17.4 Å². The number of aromatic nitrogens is 2. The van der Waals surface area contributed by atoms with Crippen LogP contribution in [0.25, 0.3) is 0 Å². The lowest BCUT2D eigenvalue weighted by atomic mass is 10.3. The SMILES string of the molecule is N#CCc1c[nH+]ccn1.[Cl-]. The minimum Gasteiger partial charge on any atom is -1.00 e. The smallest absolute Gasteiger partial charge is 0.189 e. The van der Waals surface area contributed by atoms with Crippen LogP contribution in [0.1, 0.15) is 5.69 Å². The maximum Gasteiger partial charge on any atom is 0.189 e. The quantitative estimate of drug-likeness (QED) is 0.433. The molecule has 0 aliphatic carbocycles. The third-order valence-corrected chi connectivity index (χ3v) is 0.921. The summed E-state index contributed by atoms with van der Waals surface area (Å²) >= 11 is 0. The Kier molecular flexibility index (Phi) is 4.17. The van der Waals surface area contributed by atoms with Crippen molar-refractivity contribution in [2.75, 3.05) is 0 Å². The van der Waals surface area contributed by atoms with Gasteiger partial charge in [0.2, 0.25) is 0 Å². The summed E-state index contributed by atoms with van der Waals surface area (Å²) in [4.78, 5) is 6.75. The van der Waals surface area contributed by atoms with E-state index >= 15 is 0 Å². The van der Waals surface area contributed by atoms with Gasteiger partial charge in [-0.3, -0.25) is 0 Å². The lowest BCUT2D eigenvalue weighted by Crippen LogP contribution is -3.00. The summed E-state index contributed by atoms with van der Waals surface area (Å²) in [5.41, 5.74) is 0.778. The molecule has 0 atom stereocenters. The van der Waals surface area contributed by atoms with Crippen LogP contribution in [0.5, 0.6) is 0 Å². The molecule has 0 unspecified atom stereocenters. The first-order chi connectivity index (χ1) is 4.43. The summed E-state index contributed by atoms with van der Waals surface area (Å²) in [6, 6.07) is 2.00. The lowest BCUT2D eigenvalue weighted by molar-refractivity contribution is -0.379. The van der Waals surface area contributed by atoms with E-state index in [-0.39, 0.29) is 12.4 Å². The van der Waals surface area contributed by atoms with Gasteiger partial charge >= 0.3 is 0 Å². The van der Waals surface area contributed by atoms with Crippen LogP contribution in [0.3, 0.4) is 0 Å². The fraction of sp³-hybridized carbons (Fsp3) is 0.167. The van der Waals surface area contributed by atoms with Crippen LogP contribution in [0.4, 0.5) is 0 Å². The van der Waals surface area contributed by atoms with Crippen molar-refractivity contribution in [2.45, 2.75) is 6.42 Å². The fourth-order valence-corrected chi connectivity index (χ4v) is 0.535.